The van der Waals surface area contributed by atoms with Gasteiger partial charge in [0.05, 0.1) is 6.20 Å². The van der Waals surface area contributed by atoms with Crippen LogP contribution < -0.4 is 15.8 Å². The maximum Gasteiger partial charge on any atom is 0.303 e. The van der Waals surface area contributed by atoms with E-state index in [2.05, 4.69) is 37.5 Å². The van der Waals surface area contributed by atoms with Gasteiger partial charge in [0.1, 0.15) is 16.7 Å². The third-order valence-electron chi connectivity index (χ3n) is 7.65. The number of carboxylic acids is 1. The van der Waals surface area contributed by atoms with Crippen molar-refractivity contribution in [1.82, 2.24) is 20.2 Å². The van der Waals surface area contributed by atoms with Gasteiger partial charge in [-0.2, -0.15) is 10.1 Å². The molecule has 3 N–H and O–H groups in total. The van der Waals surface area contributed by atoms with Crippen LogP contribution >= 0.6 is 0 Å². The molecule has 1 saturated carbocycles. The van der Waals surface area contributed by atoms with Crippen molar-refractivity contribution < 1.29 is 9.90 Å². The van der Waals surface area contributed by atoms with E-state index in [1.807, 2.05) is 12.1 Å². The van der Waals surface area contributed by atoms with Gasteiger partial charge in [-0.15, -0.1) is 0 Å². The van der Waals surface area contributed by atoms with E-state index in [1.165, 1.54) is 18.4 Å². The van der Waals surface area contributed by atoms with E-state index in [1.54, 1.807) is 6.20 Å². The molecule has 190 valence electrons. The first-order valence-electron chi connectivity index (χ1n) is 13.2. The number of carbonyl (C=O) groups is 1. The first-order valence-corrected chi connectivity index (χ1v) is 13.2. The third-order valence-corrected chi connectivity index (χ3v) is 7.65. The maximum absolute atomic E-state index is 12.6. The van der Waals surface area contributed by atoms with Crippen LogP contribution in [0.15, 0.2) is 35.3 Å². The molecule has 36 heavy (non-hydrogen) atoms. The molecule has 9 nitrogen and oxygen atoms in total. The van der Waals surface area contributed by atoms with Gasteiger partial charge in [0.15, 0.2) is 0 Å². The Kier molecular flexibility index (Phi) is 7.44. The number of anilines is 3. The first-order chi connectivity index (χ1) is 17.6. The number of rotatable bonds is 7. The summed E-state index contributed by atoms with van der Waals surface area (Å²) in [7, 11) is 0. The minimum absolute atomic E-state index is 0.270. The second kappa shape index (κ2) is 11.1. The van der Waals surface area contributed by atoms with E-state index in [0.717, 1.165) is 63.7 Å². The molecule has 0 atom stereocenters. The summed E-state index contributed by atoms with van der Waals surface area (Å²) in [6.45, 7) is 1.82. The topological polar surface area (TPSA) is 124 Å². The number of fused-ring (bicyclic) bond motifs is 1. The van der Waals surface area contributed by atoms with E-state index in [9.17, 15) is 9.59 Å². The van der Waals surface area contributed by atoms with Crippen LogP contribution in [-0.2, 0) is 4.79 Å². The normalized spacial score (nSPS) is 20.7. The second-order valence-corrected chi connectivity index (χ2v) is 10.1. The number of H-pyrrole nitrogens is 1. The van der Waals surface area contributed by atoms with E-state index in [-0.39, 0.29) is 12.0 Å². The highest BCUT2D eigenvalue weighted by Gasteiger charge is 2.23. The van der Waals surface area contributed by atoms with E-state index < -0.39 is 5.97 Å². The van der Waals surface area contributed by atoms with Crippen molar-refractivity contribution in [2.75, 3.05) is 23.3 Å². The van der Waals surface area contributed by atoms with Crippen LogP contribution in [0.4, 0.5) is 17.5 Å². The molecule has 0 amide bonds. The summed E-state index contributed by atoms with van der Waals surface area (Å²) in [5, 5.41) is 19.2. The van der Waals surface area contributed by atoms with Crippen molar-refractivity contribution in [2.45, 2.75) is 70.1 Å². The van der Waals surface area contributed by atoms with Gasteiger partial charge in [-0.05, 0) is 74.5 Å². The van der Waals surface area contributed by atoms with Crippen molar-refractivity contribution in [3.8, 4) is 0 Å². The molecule has 1 aliphatic carbocycles. The van der Waals surface area contributed by atoms with Crippen molar-refractivity contribution in [1.29, 1.82) is 0 Å². The molecule has 1 aromatic carbocycles. The lowest BCUT2D eigenvalue weighted by atomic mass is 9.77. The lowest BCUT2D eigenvalue weighted by molar-refractivity contribution is -0.137. The van der Waals surface area contributed by atoms with E-state index in [4.69, 9.17) is 10.1 Å². The fourth-order valence-electron chi connectivity index (χ4n) is 5.58. The molecule has 1 saturated heterocycles. The number of hydrogen-bond donors (Lipinski definition) is 3. The van der Waals surface area contributed by atoms with Crippen LogP contribution in [0.1, 0.15) is 75.7 Å². The number of aromatic amines is 1. The molecule has 2 aliphatic rings. The lowest BCUT2D eigenvalue weighted by Gasteiger charge is -2.28. The zero-order chi connectivity index (χ0) is 24.9. The number of carboxylic acid groups (broad SMARTS) is 1. The van der Waals surface area contributed by atoms with Gasteiger partial charge in [0.25, 0.3) is 5.56 Å². The Morgan fingerprint density at radius 2 is 1.75 bits per heavy atom. The summed E-state index contributed by atoms with van der Waals surface area (Å²) in [6, 6.07) is 8.38. The summed E-state index contributed by atoms with van der Waals surface area (Å²) in [5.74, 6) is 1.46. The second-order valence-electron chi connectivity index (χ2n) is 10.1. The number of hydrogen-bond acceptors (Lipinski definition) is 7. The van der Waals surface area contributed by atoms with Crippen LogP contribution in [0.5, 0.6) is 0 Å². The maximum atomic E-state index is 12.6. The number of benzene rings is 1. The molecule has 2 aromatic heterocycles. The van der Waals surface area contributed by atoms with Gasteiger partial charge in [-0.25, -0.2) is 10.1 Å². The van der Waals surface area contributed by atoms with Crippen molar-refractivity contribution in [2.24, 2.45) is 5.92 Å². The largest absolute Gasteiger partial charge is 0.481 e. The predicted octanol–water partition coefficient (Wildman–Crippen LogP) is 4.98. The highest BCUT2D eigenvalue weighted by atomic mass is 16.4. The first kappa shape index (κ1) is 24.2. The van der Waals surface area contributed by atoms with Crippen molar-refractivity contribution in [3.63, 3.8) is 0 Å². The zero-order valence-electron chi connectivity index (χ0n) is 20.6. The summed E-state index contributed by atoms with van der Waals surface area (Å²) in [6.07, 6.45) is 11.6. The Morgan fingerprint density at radius 3 is 2.44 bits per heavy atom. The minimum Gasteiger partial charge on any atom is -0.481 e. The molecule has 0 radical (unpaired) electrons. The minimum atomic E-state index is -0.700. The zero-order valence-corrected chi connectivity index (χ0v) is 20.6. The van der Waals surface area contributed by atoms with E-state index in [0.29, 0.717) is 34.5 Å². The number of aromatic nitrogens is 4. The standard InChI is InChI=1S/C27H34N6O3/c34-23(35)14-7-18-5-8-19(9-6-18)20-10-12-21(13-11-20)29-25-24-22(17-28-32-26(24)36)30-27(31-25)33-15-3-1-2-4-16-33/h10-13,17-19H,1-9,14-16H2,(H,32,36)(H,34,35)(H,29,30,31)/t18-,19+. The Balaban J connectivity index is 1.32. The average molecular weight is 491 g/mol. The van der Waals surface area contributed by atoms with Crippen molar-refractivity contribution in [3.05, 3.63) is 46.4 Å². The Labute approximate surface area is 210 Å². The van der Waals surface area contributed by atoms with Gasteiger partial charge >= 0.3 is 5.97 Å². The predicted molar refractivity (Wildman–Crippen MR) is 140 cm³/mol. The number of nitrogens with one attached hydrogen (secondary N) is 2. The molecule has 0 spiro atoms. The van der Waals surface area contributed by atoms with Gasteiger partial charge in [-0.1, -0.05) is 25.0 Å². The smallest absolute Gasteiger partial charge is 0.303 e. The summed E-state index contributed by atoms with van der Waals surface area (Å²) < 4.78 is 0. The highest BCUT2D eigenvalue weighted by molar-refractivity contribution is 5.90. The average Bonchev–Trinajstić information content (AvgIpc) is 3.18. The fraction of sp³-hybridized carbons (Fsp3) is 0.519. The third kappa shape index (κ3) is 5.66. The van der Waals surface area contributed by atoms with Gasteiger partial charge in [-0.3, -0.25) is 9.59 Å². The fourth-order valence-corrected chi connectivity index (χ4v) is 5.58. The summed E-state index contributed by atoms with van der Waals surface area (Å²) >= 11 is 0. The Morgan fingerprint density at radius 1 is 1.03 bits per heavy atom. The highest BCUT2D eigenvalue weighted by Crippen LogP contribution is 2.38. The molecule has 9 heteroatoms. The SMILES string of the molecule is O=C(O)CC[C@H]1CC[C@@H](c2ccc(Nc3nc(N4CCCCCC4)nc4cn[nH]c(=O)c34)cc2)CC1. The summed E-state index contributed by atoms with van der Waals surface area (Å²) in [4.78, 5) is 35.1. The molecule has 3 heterocycles. The monoisotopic (exact) mass is 490 g/mol. The molecular weight excluding hydrogens is 456 g/mol. The van der Waals surface area contributed by atoms with Crippen LogP contribution in [0.2, 0.25) is 0 Å². The van der Waals surface area contributed by atoms with E-state index >= 15 is 0 Å². The van der Waals surface area contributed by atoms with Crippen molar-refractivity contribution >= 4 is 34.3 Å². The Hall–Kier alpha value is -3.49. The number of aliphatic carboxylic acids is 1. The molecule has 0 bridgehead atoms. The van der Waals surface area contributed by atoms with Crippen LogP contribution in [0, 0.1) is 5.92 Å². The molecule has 5 rings (SSSR count). The van der Waals surface area contributed by atoms with Gasteiger partial charge in [0, 0.05) is 25.2 Å². The molecule has 1 aliphatic heterocycles. The molecular formula is C27H34N6O3. The number of nitrogens with zero attached hydrogens (tertiary/aromatic N) is 4. The lowest BCUT2D eigenvalue weighted by Crippen LogP contribution is -2.26. The quantitative estimate of drug-likeness (QED) is 0.424. The molecule has 0 unspecified atom stereocenters. The Bertz CT molecular complexity index is 1240. The van der Waals surface area contributed by atoms with Gasteiger partial charge in [0.2, 0.25) is 5.95 Å². The molecule has 3 aromatic rings. The molecule has 2 fully saturated rings. The van der Waals surface area contributed by atoms with Crippen LogP contribution in [0.25, 0.3) is 10.9 Å². The summed E-state index contributed by atoms with van der Waals surface area (Å²) in [5.41, 5.74) is 2.39. The van der Waals surface area contributed by atoms with Gasteiger partial charge < -0.3 is 15.3 Å². The van der Waals surface area contributed by atoms with Crippen LogP contribution in [-0.4, -0.2) is 44.3 Å². The van der Waals surface area contributed by atoms with Crippen LogP contribution in [0.3, 0.4) is 0 Å².